The van der Waals surface area contributed by atoms with Gasteiger partial charge in [-0.15, -0.1) is 0 Å². The molecule has 1 fully saturated rings. The van der Waals surface area contributed by atoms with Crippen molar-refractivity contribution in [3.8, 4) is 5.75 Å². The number of carbonyl (C=O) groups excluding carboxylic acids is 1. The minimum absolute atomic E-state index is 0.113. The van der Waals surface area contributed by atoms with Crippen LogP contribution in [-0.2, 0) is 19.6 Å². The summed E-state index contributed by atoms with van der Waals surface area (Å²) in [4.78, 5) is 22.9. The first-order valence-electron chi connectivity index (χ1n) is 12.2. The fraction of sp³-hybridized carbons (Fsp3) is 0.462. The predicted octanol–water partition coefficient (Wildman–Crippen LogP) is 2.79. The van der Waals surface area contributed by atoms with E-state index in [4.69, 9.17) is 9.47 Å². The molecule has 11 heteroatoms. The van der Waals surface area contributed by atoms with Crippen molar-refractivity contribution >= 4 is 38.8 Å². The van der Waals surface area contributed by atoms with Gasteiger partial charge in [0.2, 0.25) is 0 Å². The van der Waals surface area contributed by atoms with E-state index >= 15 is 0 Å². The number of amidine groups is 1. The van der Waals surface area contributed by atoms with E-state index in [2.05, 4.69) is 4.99 Å². The summed E-state index contributed by atoms with van der Waals surface area (Å²) in [6.07, 6.45) is -0.0177. The van der Waals surface area contributed by atoms with Crippen LogP contribution in [0.25, 0.3) is 0 Å². The maximum atomic E-state index is 13.8. The summed E-state index contributed by atoms with van der Waals surface area (Å²) in [5.41, 5.74) is 2.03. The van der Waals surface area contributed by atoms with Gasteiger partial charge in [-0.2, -0.15) is 0 Å². The third kappa shape index (κ3) is 5.24. The number of rotatable bonds is 7. The average Bonchev–Trinajstić information content (AvgIpc) is 3.23. The molecular formula is C26H35N5O5S. The number of methoxy groups -OCH3 is 1. The van der Waals surface area contributed by atoms with E-state index < -0.39 is 16.1 Å². The molecule has 0 radical (unpaired) electrons. The minimum atomic E-state index is -3.84. The zero-order valence-corrected chi connectivity index (χ0v) is 23.0. The summed E-state index contributed by atoms with van der Waals surface area (Å²) in [6.45, 7) is 4.92. The van der Waals surface area contributed by atoms with Crippen molar-refractivity contribution in [1.82, 2.24) is 4.90 Å². The Morgan fingerprint density at radius 1 is 1.14 bits per heavy atom. The number of ether oxygens (including phenoxy) is 2. The highest BCUT2D eigenvalue weighted by atomic mass is 32.2. The number of anilines is 3. The van der Waals surface area contributed by atoms with Crippen LogP contribution in [0.2, 0.25) is 0 Å². The molecule has 0 saturated carbocycles. The van der Waals surface area contributed by atoms with Gasteiger partial charge in [0.1, 0.15) is 18.6 Å². The SMILES string of the molecule is COc1ccc2c(c1)N(C)CC(C)N2S(=O)(=O)c1ccc(N2CCC(OCN=C(C)N(C)C)C2=O)cc1. The zero-order valence-electron chi connectivity index (χ0n) is 22.2. The molecule has 2 aromatic rings. The molecule has 2 unspecified atom stereocenters. The van der Waals surface area contributed by atoms with E-state index in [1.165, 1.54) is 4.31 Å². The number of sulfonamides is 1. The van der Waals surface area contributed by atoms with Crippen molar-refractivity contribution in [3.05, 3.63) is 42.5 Å². The molecule has 2 atom stereocenters. The van der Waals surface area contributed by atoms with Crippen molar-refractivity contribution in [2.24, 2.45) is 4.99 Å². The van der Waals surface area contributed by atoms with E-state index in [9.17, 15) is 13.2 Å². The Labute approximate surface area is 219 Å². The molecule has 10 nitrogen and oxygen atoms in total. The highest BCUT2D eigenvalue weighted by Crippen LogP contribution is 2.40. The summed E-state index contributed by atoms with van der Waals surface area (Å²) < 4.78 is 40.0. The van der Waals surface area contributed by atoms with Crippen molar-refractivity contribution in [1.29, 1.82) is 0 Å². The Morgan fingerprint density at radius 3 is 2.49 bits per heavy atom. The molecule has 2 aliphatic heterocycles. The van der Waals surface area contributed by atoms with Crippen LogP contribution in [0.5, 0.6) is 5.75 Å². The van der Waals surface area contributed by atoms with Gasteiger partial charge in [-0.1, -0.05) is 0 Å². The van der Waals surface area contributed by atoms with Gasteiger partial charge in [0.25, 0.3) is 15.9 Å². The van der Waals surface area contributed by atoms with Crippen molar-refractivity contribution in [3.63, 3.8) is 0 Å². The van der Waals surface area contributed by atoms with Crippen molar-refractivity contribution in [2.45, 2.75) is 37.3 Å². The summed E-state index contributed by atoms with van der Waals surface area (Å²) >= 11 is 0. The predicted molar refractivity (Wildman–Crippen MR) is 145 cm³/mol. The monoisotopic (exact) mass is 529 g/mol. The maximum absolute atomic E-state index is 13.8. The average molecular weight is 530 g/mol. The lowest BCUT2D eigenvalue weighted by Crippen LogP contribution is -2.49. The summed E-state index contributed by atoms with van der Waals surface area (Å²) in [5.74, 6) is 1.33. The van der Waals surface area contributed by atoms with Gasteiger partial charge in [0.05, 0.1) is 35.3 Å². The van der Waals surface area contributed by atoms with Crippen molar-refractivity contribution in [2.75, 3.05) is 62.2 Å². The molecule has 2 aliphatic rings. The lowest BCUT2D eigenvalue weighted by molar-refractivity contribution is -0.126. The van der Waals surface area contributed by atoms with Crippen molar-refractivity contribution < 1.29 is 22.7 Å². The Balaban J connectivity index is 1.52. The molecule has 0 spiro atoms. The number of benzene rings is 2. The van der Waals surface area contributed by atoms with Gasteiger partial charge in [-0.25, -0.2) is 13.4 Å². The third-order valence-corrected chi connectivity index (χ3v) is 8.79. The number of nitrogens with zero attached hydrogens (tertiary/aromatic N) is 5. The smallest absolute Gasteiger partial charge is 0.264 e. The lowest BCUT2D eigenvalue weighted by Gasteiger charge is -2.41. The first-order chi connectivity index (χ1) is 17.5. The summed E-state index contributed by atoms with van der Waals surface area (Å²) in [7, 11) is 3.47. The van der Waals surface area contributed by atoms with Gasteiger partial charge >= 0.3 is 0 Å². The Morgan fingerprint density at radius 2 is 1.84 bits per heavy atom. The molecule has 4 rings (SSSR count). The first kappa shape index (κ1) is 26.7. The number of carbonyl (C=O) groups is 1. The summed E-state index contributed by atoms with van der Waals surface area (Å²) in [5, 5.41) is 0. The highest BCUT2D eigenvalue weighted by molar-refractivity contribution is 7.92. The highest BCUT2D eigenvalue weighted by Gasteiger charge is 2.37. The molecule has 200 valence electrons. The molecule has 0 aliphatic carbocycles. The van der Waals surface area contributed by atoms with Gasteiger partial charge in [-0.05, 0) is 50.2 Å². The number of hydrogen-bond donors (Lipinski definition) is 0. The standard InChI is InChI=1S/C26H35N5O5S/c1-18-16-29(5)24-15-21(35-6)9-12-23(24)31(18)37(33,34)22-10-7-20(8-11-22)30-14-13-25(26(30)32)36-17-27-19(2)28(3)4/h7-12,15,18,25H,13-14,16-17H2,1-6H3. The van der Waals surface area contributed by atoms with Crippen LogP contribution in [0.3, 0.4) is 0 Å². The van der Waals surface area contributed by atoms with E-state index in [1.807, 2.05) is 50.9 Å². The number of hydrogen-bond acceptors (Lipinski definition) is 7. The van der Waals surface area contributed by atoms with E-state index in [1.54, 1.807) is 48.4 Å². The second-order valence-corrected chi connectivity index (χ2v) is 11.4. The first-order valence-corrected chi connectivity index (χ1v) is 13.6. The number of aliphatic imine (C=N–C) groups is 1. The van der Waals surface area contributed by atoms with Crippen LogP contribution >= 0.6 is 0 Å². The fourth-order valence-corrected chi connectivity index (χ4v) is 6.29. The Kier molecular flexibility index (Phi) is 7.65. The van der Waals surface area contributed by atoms with Gasteiger partial charge in [0.15, 0.2) is 0 Å². The molecule has 2 heterocycles. The number of fused-ring (bicyclic) bond motifs is 1. The van der Waals surface area contributed by atoms with Crippen LogP contribution < -0.4 is 18.8 Å². The summed E-state index contributed by atoms with van der Waals surface area (Å²) in [6, 6.07) is 11.6. The Hall–Kier alpha value is -3.31. The molecule has 0 bridgehead atoms. The van der Waals surface area contributed by atoms with Crippen LogP contribution in [0.15, 0.2) is 52.4 Å². The van der Waals surface area contributed by atoms with E-state index in [0.29, 0.717) is 36.6 Å². The van der Waals surface area contributed by atoms with Gasteiger partial charge in [0, 0.05) is 52.4 Å². The van der Waals surface area contributed by atoms with E-state index in [0.717, 1.165) is 11.5 Å². The quantitative estimate of drug-likeness (QED) is 0.402. The van der Waals surface area contributed by atoms with E-state index in [-0.39, 0.29) is 23.6 Å². The Bertz CT molecular complexity index is 1280. The molecule has 2 aromatic carbocycles. The van der Waals surface area contributed by atoms with Gasteiger partial charge in [-0.3, -0.25) is 9.10 Å². The fourth-order valence-electron chi connectivity index (χ4n) is 4.63. The number of amides is 1. The second kappa shape index (κ2) is 10.6. The second-order valence-electron chi connectivity index (χ2n) is 9.54. The zero-order chi connectivity index (χ0) is 26.9. The molecule has 0 aromatic heterocycles. The van der Waals surface area contributed by atoms with Crippen LogP contribution in [0.4, 0.5) is 17.1 Å². The topological polar surface area (TPSA) is 95.0 Å². The molecule has 0 N–H and O–H groups in total. The van der Waals surface area contributed by atoms with Crippen LogP contribution in [0.1, 0.15) is 20.3 Å². The minimum Gasteiger partial charge on any atom is -0.497 e. The van der Waals surface area contributed by atoms with Gasteiger partial charge < -0.3 is 24.2 Å². The van der Waals surface area contributed by atoms with Crippen LogP contribution in [0, 0.1) is 0 Å². The van der Waals surface area contributed by atoms with Crippen LogP contribution in [-0.4, -0.2) is 85.3 Å². The maximum Gasteiger partial charge on any atom is 0.264 e. The lowest BCUT2D eigenvalue weighted by atomic mass is 10.1. The third-order valence-electron chi connectivity index (χ3n) is 6.85. The molecule has 37 heavy (non-hydrogen) atoms. The number of likely N-dealkylation sites (N-methyl/N-ethyl adjacent to an activating group) is 1. The largest absolute Gasteiger partial charge is 0.497 e. The molecule has 1 saturated heterocycles. The molecular weight excluding hydrogens is 494 g/mol. The normalized spacial score (nSPS) is 20.3. The molecule has 1 amide bonds.